The van der Waals surface area contributed by atoms with Gasteiger partial charge in [-0.3, -0.25) is 23.9 Å². The number of nitrogens with zero attached hydrogens (tertiary/aromatic N) is 3. The van der Waals surface area contributed by atoms with Gasteiger partial charge in [0.2, 0.25) is 17.7 Å². The molecule has 0 radical (unpaired) electrons. The third kappa shape index (κ3) is 6.37. The van der Waals surface area contributed by atoms with Crippen LogP contribution in [0.1, 0.15) is 63.4 Å². The van der Waals surface area contributed by atoms with E-state index in [1.165, 1.54) is 6.42 Å². The number of para-hydroxylation sites is 1. The van der Waals surface area contributed by atoms with Gasteiger partial charge in [-0.25, -0.2) is 0 Å². The molecule has 0 saturated heterocycles. The minimum atomic E-state index is -0.933. The number of rotatable bonds is 8. The third-order valence-corrected chi connectivity index (χ3v) is 6.51. The number of primary amides is 1. The summed E-state index contributed by atoms with van der Waals surface area (Å²) < 4.78 is 1.55. The number of benzene rings is 1. The van der Waals surface area contributed by atoms with E-state index < -0.39 is 29.2 Å². The molecule has 1 aliphatic carbocycles. The molecule has 0 unspecified atom stereocenters. The number of nitrogens with one attached hydrogen (secondary N) is 2. The topological polar surface area (TPSA) is 139 Å². The molecule has 0 aliphatic heterocycles. The molecule has 4 amide bonds. The summed E-state index contributed by atoms with van der Waals surface area (Å²) in [5.74, 6) is -1.79. The molecule has 1 saturated carbocycles. The number of hydrogen-bond donors (Lipinski definition) is 3. The molecule has 1 atom stereocenters. The number of carbonyl (C=O) groups is 4. The van der Waals surface area contributed by atoms with Crippen molar-refractivity contribution < 1.29 is 19.2 Å². The summed E-state index contributed by atoms with van der Waals surface area (Å²) in [6, 6.07) is 6.50. The van der Waals surface area contributed by atoms with E-state index in [4.69, 9.17) is 5.73 Å². The number of amides is 4. The summed E-state index contributed by atoms with van der Waals surface area (Å²) in [4.78, 5) is 51.9. The van der Waals surface area contributed by atoms with E-state index in [1.807, 2.05) is 19.2 Å². The molecule has 1 heterocycles. The third-order valence-electron chi connectivity index (χ3n) is 6.51. The highest BCUT2D eigenvalue weighted by atomic mass is 16.2. The molecule has 1 aliphatic rings. The molecular formula is C25H36N6O4. The number of carbonyl (C=O) groups excluding carboxylic acids is 4. The summed E-state index contributed by atoms with van der Waals surface area (Å²) in [5, 5.41) is 10.3. The standard InChI is InChI=1S/C25H36N6O4/c1-25(2,3)22(24(35)27-14-19(26)32)28-23(34)21-17-12-8-9-13-18(17)31(29-21)15-20(33)30(4)16-10-6-5-7-11-16/h8-9,12-13,16,22H,5-7,10-11,14-15H2,1-4H3,(H2,26,32)(H,27,35)(H,28,34)/t22-/m1/s1. The lowest BCUT2D eigenvalue weighted by Crippen LogP contribution is -2.54. The number of likely N-dealkylation sites (N-methyl/N-ethyl adjacent to an activating group) is 1. The molecular weight excluding hydrogens is 448 g/mol. The van der Waals surface area contributed by atoms with Crippen LogP contribution in [0.3, 0.4) is 0 Å². The highest BCUT2D eigenvalue weighted by molar-refractivity contribution is 6.06. The summed E-state index contributed by atoms with van der Waals surface area (Å²) in [5.41, 5.74) is 5.28. The molecule has 10 nitrogen and oxygen atoms in total. The van der Waals surface area contributed by atoms with E-state index >= 15 is 0 Å². The van der Waals surface area contributed by atoms with Crippen molar-refractivity contribution in [2.75, 3.05) is 13.6 Å². The fourth-order valence-corrected chi connectivity index (χ4v) is 4.48. The maximum absolute atomic E-state index is 13.3. The predicted octanol–water partition coefficient (Wildman–Crippen LogP) is 1.57. The van der Waals surface area contributed by atoms with E-state index in [0.717, 1.165) is 25.7 Å². The van der Waals surface area contributed by atoms with E-state index in [1.54, 1.807) is 42.5 Å². The van der Waals surface area contributed by atoms with Gasteiger partial charge >= 0.3 is 0 Å². The maximum atomic E-state index is 13.3. The Balaban J connectivity index is 1.83. The van der Waals surface area contributed by atoms with Gasteiger partial charge in [0.05, 0.1) is 12.1 Å². The fourth-order valence-electron chi connectivity index (χ4n) is 4.48. The molecule has 2 aromatic rings. The predicted molar refractivity (Wildman–Crippen MR) is 132 cm³/mol. The molecule has 35 heavy (non-hydrogen) atoms. The second kappa shape index (κ2) is 10.9. The summed E-state index contributed by atoms with van der Waals surface area (Å²) >= 11 is 0. The van der Waals surface area contributed by atoms with Crippen LogP contribution in [-0.2, 0) is 20.9 Å². The smallest absolute Gasteiger partial charge is 0.273 e. The van der Waals surface area contributed by atoms with Crippen molar-refractivity contribution in [3.05, 3.63) is 30.0 Å². The second-order valence-corrected chi connectivity index (χ2v) is 10.3. The van der Waals surface area contributed by atoms with Crippen molar-refractivity contribution in [2.24, 2.45) is 11.1 Å². The average Bonchev–Trinajstić information content (AvgIpc) is 3.18. The Morgan fingerprint density at radius 3 is 2.43 bits per heavy atom. The summed E-state index contributed by atoms with van der Waals surface area (Å²) in [6.07, 6.45) is 5.46. The van der Waals surface area contributed by atoms with Crippen LogP contribution in [0.15, 0.2) is 24.3 Å². The lowest BCUT2D eigenvalue weighted by molar-refractivity contribution is -0.133. The van der Waals surface area contributed by atoms with Crippen molar-refractivity contribution in [1.29, 1.82) is 0 Å². The van der Waals surface area contributed by atoms with Crippen LogP contribution in [0.4, 0.5) is 0 Å². The molecule has 4 N–H and O–H groups in total. The number of hydrogen-bond acceptors (Lipinski definition) is 5. The maximum Gasteiger partial charge on any atom is 0.273 e. The fraction of sp³-hybridized carbons (Fsp3) is 0.560. The molecule has 1 fully saturated rings. The van der Waals surface area contributed by atoms with Gasteiger partial charge in [-0.1, -0.05) is 58.2 Å². The number of fused-ring (bicyclic) bond motifs is 1. The van der Waals surface area contributed by atoms with E-state index in [9.17, 15) is 19.2 Å². The first kappa shape index (κ1) is 26.2. The largest absolute Gasteiger partial charge is 0.368 e. The van der Waals surface area contributed by atoms with Crippen molar-refractivity contribution in [3.8, 4) is 0 Å². The van der Waals surface area contributed by atoms with Crippen LogP contribution in [0.25, 0.3) is 10.9 Å². The van der Waals surface area contributed by atoms with Crippen molar-refractivity contribution in [2.45, 2.75) is 71.5 Å². The molecule has 3 rings (SSSR count). The Hall–Kier alpha value is -3.43. The van der Waals surface area contributed by atoms with Crippen LogP contribution in [0, 0.1) is 5.41 Å². The molecule has 190 valence electrons. The average molecular weight is 485 g/mol. The zero-order valence-electron chi connectivity index (χ0n) is 21.0. The lowest BCUT2D eigenvalue weighted by atomic mass is 9.86. The Morgan fingerprint density at radius 2 is 1.80 bits per heavy atom. The van der Waals surface area contributed by atoms with Gasteiger partial charge in [-0.15, -0.1) is 0 Å². The van der Waals surface area contributed by atoms with Gasteiger partial charge in [0, 0.05) is 18.5 Å². The Labute approximate surface area is 205 Å². The Morgan fingerprint density at radius 1 is 1.14 bits per heavy atom. The molecule has 0 bridgehead atoms. The first-order chi connectivity index (χ1) is 16.5. The first-order valence-electron chi connectivity index (χ1n) is 12.1. The number of nitrogens with two attached hydrogens (primary N) is 1. The monoisotopic (exact) mass is 484 g/mol. The molecule has 1 aromatic carbocycles. The van der Waals surface area contributed by atoms with Crippen LogP contribution in [-0.4, -0.2) is 64.0 Å². The second-order valence-electron chi connectivity index (χ2n) is 10.3. The van der Waals surface area contributed by atoms with E-state index in [-0.39, 0.29) is 30.7 Å². The molecule has 0 spiro atoms. The van der Waals surface area contributed by atoms with Crippen molar-refractivity contribution in [1.82, 2.24) is 25.3 Å². The lowest BCUT2D eigenvalue weighted by Gasteiger charge is -2.31. The van der Waals surface area contributed by atoms with Crippen molar-refractivity contribution in [3.63, 3.8) is 0 Å². The van der Waals surface area contributed by atoms with Crippen LogP contribution >= 0.6 is 0 Å². The summed E-state index contributed by atoms with van der Waals surface area (Å²) in [7, 11) is 1.83. The normalized spacial score (nSPS) is 15.4. The van der Waals surface area contributed by atoms with Crippen molar-refractivity contribution >= 4 is 34.5 Å². The minimum Gasteiger partial charge on any atom is -0.368 e. The zero-order valence-corrected chi connectivity index (χ0v) is 21.0. The first-order valence-corrected chi connectivity index (χ1v) is 12.1. The summed E-state index contributed by atoms with van der Waals surface area (Å²) in [6.45, 7) is 5.10. The zero-order chi connectivity index (χ0) is 25.8. The van der Waals surface area contributed by atoms with Crippen LogP contribution in [0.2, 0.25) is 0 Å². The molecule has 10 heteroatoms. The highest BCUT2D eigenvalue weighted by Gasteiger charge is 2.34. The van der Waals surface area contributed by atoms with Gasteiger partial charge < -0.3 is 21.3 Å². The Bertz CT molecular complexity index is 1100. The highest BCUT2D eigenvalue weighted by Crippen LogP contribution is 2.24. The minimum absolute atomic E-state index is 0.0165. The van der Waals surface area contributed by atoms with Gasteiger partial charge in [0.25, 0.3) is 5.91 Å². The van der Waals surface area contributed by atoms with Gasteiger partial charge in [-0.05, 0) is 24.3 Å². The van der Waals surface area contributed by atoms with Gasteiger partial charge in [0.15, 0.2) is 5.69 Å². The Kier molecular flexibility index (Phi) is 8.14. The van der Waals surface area contributed by atoms with Crippen LogP contribution in [0.5, 0.6) is 0 Å². The van der Waals surface area contributed by atoms with Gasteiger partial charge in [0.1, 0.15) is 12.6 Å². The quantitative estimate of drug-likeness (QED) is 0.522. The molecule has 1 aromatic heterocycles. The van der Waals surface area contributed by atoms with Crippen LogP contribution < -0.4 is 16.4 Å². The SMILES string of the molecule is CN(C(=O)Cn1nc(C(=O)N[C@H](C(=O)NCC(N)=O)C(C)(C)C)c2ccccc21)C1CCCCC1. The van der Waals surface area contributed by atoms with E-state index in [2.05, 4.69) is 15.7 Å². The number of aromatic nitrogens is 2. The van der Waals surface area contributed by atoms with Gasteiger partial charge in [-0.2, -0.15) is 5.10 Å². The van der Waals surface area contributed by atoms with E-state index in [0.29, 0.717) is 10.9 Å².